The van der Waals surface area contributed by atoms with Crippen molar-refractivity contribution in [3.05, 3.63) is 121 Å². The third-order valence-corrected chi connectivity index (χ3v) is 8.95. The van der Waals surface area contributed by atoms with Crippen LogP contribution < -0.4 is 0 Å². The summed E-state index contributed by atoms with van der Waals surface area (Å²) in [5.74, 6) is 0.904. The number of rotatable bonds is 2. The van der Waals surface area contributed by atoms with E-state index in [1.807, 2.05) is 6.07 Å². The van der Waals surface area contributed by atoms with E-state index in [0.29, 0.717) is 0 Å². The smallest absolute Gasteiger partial charge is 0.143 e. The highest BCUT2D eigenvalue weighted by Gasteiger charge is 2.23. The van der Waals surface area contributed by atoms with E-state index in [9.17, 15) is 0 Å². The Morgan fingerprint density at radius 2 is 1.07 bits per heavy atom. The van der Waals surface area contributed by atoms with Crippen LogP contribution in [0.2, 0.25) is 0 Å². The number of benzene rings is 7. The van der Waals surface area contributed by atoms with Crippen LogP contribution in [0.3, 0.4) is 0 Å². The van der Waals surface area contributed by atoms with Crippen LogP contribution in [0.5, 0.6) is 0 Å². The van der Waals surface area contributed by atoms with E-state index in [-0.39, 0.29) is 5.41 Å². The van der Waals surface area contributed by atoms with E-state index in [1.54, 1.807) is 0 Å². The van der Waals surface area contributed by atoms with Crippen molar-refractivity contribution in [2.24, 2.45) is 0 Å². The summed E-state index contributed by atoms with van der Waals surface area (Å²) < 4.78 is 13.4. The van der Waals surface area contributed by atoms with Gasteiger partial charge in [0.2, 0.25) is 0 Å². The normalized spacial score (nSPS) is 12.6. The third kappa shape index (κ3) is 3.21. The number of hydrogen-bond donors (Lipinski definition) is 0. The maximum Gasteiger partial charge on any atom is 0.143 e. The monoisotopic (exact) mass is 540 g/mol. The second-order valence-corrected chi connectivity index (χ2v) is 12.5. The fraction of sp³-hybridized carbons (Fsp3) is 0.100. The van der Waals surface area contributed by atoms with Gasteiger partial charge in [-0.2, -0.15) is 0 Å². The standard InChI is InChI=1S/C40H28O2/c1-40(2,3)27-16-19-33-30(22-27)31-20-25-14-18-29-35-26(15-17-28(34(25)35)38(31)41-33)21-32-36(23-10-6-4-7-11-23)37(42-39(29)32)24-12-8-5-9-13-24/h4-22H,1-3H3. The van der Waals surface area contributed by atoms with Gasteiger partial charge in [-0.15, -0.1) is 0 Å². The summed E-state index contributed by atoms with van der Waals surface area (Å²) in [6.07, 6.45) is 0. The fourth-order valence-electron chi connectivity index (χ4n) is 6.87. The zero-order valence-electron chi connectivity index (χ0n) is 23.8. The lowest BCUT2D eigenvalue weighted by molar-refractivity contribution is 0.590. The lowest BCUT2D eigenvalue weighted by atomic mass is 9.86. The lowest BCUT2D eigenvalue weighted by Crippen LogP contribution is -2.10. The summed E-state index contributed by atoms with van der Waals surface area (Å²) in [7, 11) is 0. The summed E-state index contributed by atoms with van der Waals surface area (Å²) in [5.41, 5.74) is 7.56. The van der Waals surface area contributed by atoms with Crippen LogP contribution in [0.1, 0.15) is 26.3 Å². The van der Waals surface area contributed by atoms with Crippen LogP contribution in [0.4, 0.5) is 0 Å². The SMILES string of the molecule is CC(C)(C)c1ccc2oc3c(cc4ccc5c6oc(-c7ccccc7)c(-c7ccccc7)c6cc6ccc3c4c65)c2c1. The molecule has 0 amide bonds. The summed E-state index contributed by atoms with van der Waals surface area (Å²) in [6, 6.07) is 41.3. The highest BCUT2D eigenvalue weighted by molar-refractivity contribution is 6.34. The van der Waals surface area contributed by atoms with Crippen LogP contribution in [0.25, 0.3) is 87.7 Å². The summed E-state index contributed by atoms with van der Waals surface area (Å²) >= 11 is 0. The Bertz CT molecular complexity index is 2470. The van der Waals surface area contributed by atoms with Crippen molar-refractivity contribution in [1.29, 1.82) is 0 Å². The molecule has 0 fully saturated rings. The maximum absolute atomic E-state index is 6.85. The fourth-order valence-corrected chi connectivity index (χ4v) is 6.87. The third-order valence-electron chi connectivity index (χ3n) is 8.95. The van der Waals surface area contributed by atoms with Gasteiger partial charge in [0.05, 0.1) is 0 Å². The minimum atomic E-state index is 0.0690. The van der Waals surface area contributed by atoms with Crippen molar-refractivity contribution in [1.82, 2.24) is 0 Å². The second kappa shape index (κ2) is 8.24. The molecule has 2 heteroatoms. The molecule has 42 heavy (non-hydrogen) atoms. The Hall–Kier alpha value is -5.08. The Labute approximate surface area is 243 Å². The predicted octanol–water partition coefficient (Wildman–Crippen LogP) is 11.9. The van der Waals surface area contributed by atoms with Gasteiger partial charge in [0.25, 0.3) is 0 Å². The van der Waals surface area contributed by atoms with Gasteiger partial charge in [-0.1, -0.05) is 99.6 Å². The molecule has 0 saturated heterocycles. The number of furan rings is 2. The molecule has 0 aliphatic carbocycles. The summed E-state index contributed by atoms with van der Waals surface area (Å²) in [5, 5.41) is 10.6. The van der Waals surface area contributed by atoms with Gasteiger partial charge in [0.15, 0.2) is 0 Å². The molecule has 0 spiro atoms. The molecule has 7 aromatic carbocycles. The summed E-state index contributed by atoms with van der Waals surface area (Å²) in [6.45, 7) is 6.77. The Balaban J connectivity index is 1.40. The van der Waals surface area contributed by atoms with Gasteiger partial charge in [-0.25, -0.2) is 0 Å². The molecular weight excluding hydrogens is 512 g/mol. The highest BCUT2D eigenvalue weighted by Crippen LogP contribution is 2.48. The zero-order valence-corrected chi connectivity index (χ0v) is 23.8. The molecule has 9 aromatic rings. The molecule has 200 valence electrons. The molecule has 0 unspecified atom stereocenters. The predicted molar refractivity (Wildman–Crippen MR) is 177 cm³/mol. The number of hydrogen-bond acceptors (Lipinski definition) is 2. The molecule has 0 radical (unpaired) electrons. The van der Waals surface area contributed by atoms with E-state index >= 15 is 0 Å². The van der Waals surface area contributed by atoms with Gasteiger partial charge in [0.1, 0.15) is 22.5 Å². The van der Waals surface area contributed by atoms with Gasteiger partial charge in [-0.3, -0.25) is 0 Å². The maximum atomic E-state index is 6.85. The Kier molecular flexibility index (Phi) is 4.63. The van der Waals surface area contributed by atoms with E-state index in [2.05, 4.69) is 130 Å². The van der Waals surface area contributed by atoms with Gasteiger partial charge in [-0.05, 0) is 63.7 Å². The first kappa shape index (κ1) is 23.6. The molecule has 2 nitrogen and oxygen atoms in total. The molecule has 2 aromatic heterocycles. The average Bonchev–Trinajstić information content (AvgIpc) is 3.58. The van der Waals surface area contributed by atoms with Gasteiger partial charge < -0.3 is 8.83 Å². The van der Waals surface area contributed by atoms with Crippen LogP contribution in [-0.4, -0.2) is 0 Å². The van der Waals surface area contributed by atoms with Gasteiger partial charge in [0, 0.05) is 48.8 Å². The van der Waals surface area contributed by atoms with Crippen molar-refractivity contribution >= 4 is 65.2 Å². The van der Waals surface area contributed by atoms with Gasteiger partial charge >= 0.3 is 0 Å². The average molecular weight is 541 g/mol. The molecule has 0 saturated carbocycles. The summed E-state index contributed by atoms with van der Waals surface area (Å²) in [4.78, 5) is 0. The van der Waals surface area contributed by atoms with Crippen molar-refractivity contribution in [2.75, 3.05) is 0 Å². The van der Waals surface area contributed by atoms with E-state index in [4.69, 9.17) is 8.83 Å². The van der Waals surface area contributed by atoms with Crippen molar-refractivity contribution in [3.8, 4) is 22.5 Å². The minimum Gasteiger partial charge on any atom is -0.455 e. The molecule has 0 aliphatic heterocycles. The quantitative estimate of drug-likeness (QED) is 0.204. The van der Waals surface area contributed by atoms with Crippen molar-refractivity contribution in [2.45, 2.75) is 26.2 Å². The van der Waals surface area contributed by atoms with Crippen molar-refractivity contribution < 1.29 is 8.83 Å². The molecule has 0 N–H and O–H groups in total. The van der Waals surface area contributed by atoms with Crippen molar-refractivity contribution in [3.63, 3.8) is 0 Å². The highest BCUT2D eigenvalue weighted by atomic mass is 16.3. The van der Waals surface area contributed by atoms with Crippen LogP contribution >= 0.6 is 0 Å². The lowest BCUT2D eigenvalue weighted by Gasteiger charge is -2.18. The molecule has 0 aliphatic rings. The topological polar surface area (TPSA) is 26.3 Å². The largest absolute Gasteiger partial charge is 0.455 e. The van der Waals surface area contributed by atoms with Crippen LogP contribution in [-0.2, 0) is 5.41 Å². The van der Waals surface area contributed by atoms with Crippen LogP contribution in [0.15, 0.2) is 124 Å². The van der Waals surface area contributed by atoms with Crippen LogP contribution in [0, 0.1) is 0 Å². The van der Waals surface area contributed by atoms with E-state index in [0.717, 1.165) is 55.4 Å². The second-order valence-electron chi connectivity index (χ2n) is 12.5. The molecule has 2 heterocycles. The first-order valence-corrected chi connectivity index (χ1v) is 14.6. The Morgan fingerprint density at radius 3 is 1.71 bits per heavy atom. The Morgan fingerprint density at radius 1 is 0.476 bits per heavy atom. The van der Waals surface area contributed by atoms with E-state index in [1.165, 1.54) is 37.9 Å². The van der Waals surface area contributed by atoms with E-state index < -0.39 is 0 Å². The molecule has 9 rings (SSSR count). The molecular formula is C40H28O2. The molecule has 0 atom stereocenters. The first-order chi connectivity index (χ1) is 20.5. The zero-order chi connectivity index (χ0) is 28.2. The minimum absolute atomic E-state index is 0.0690. The first-order valence-electron chi connectivity index (χ1n) is 14.6. The molecule has 0 bridgehead atoms. The number of fused-ring (bicyclic) bond motifs is 6.